The maximum Gasteiger partial charge on any atom is 0.190 e. The number of hydrogen-bond acceptors (Lipinski definition) is 4. The number of aromatic nitrogens is 1. The number of Topliss-reactive ketones (excluding diaryl/α,β-unsaturated/α-hetero) is 1. The van der Waals surface area contributed by atoms with E-state index in [0.717, 1.165) is 26.7 Å². The minimum atomic E-state index is 0.0903. The first-order valence-corrected chi connectivity index (χ1v) is 7.21. The molecule has 5 heteroatoms. The highest BCUT2D eigenvalue weighted by atomic mass is 32.1. The van der Waals surface area contributed by atoms with Crippen molar-refractivity contribution in [2.45, 2.75) is 13.8 Å². The van der Waals surface area contributed by atoms with E-state index in [-0.39, 0.29) is 5.78 Å². The van der Waals surface area contributed by atoms with Crippen LogP contribution in [0.25, 0.3) is 0 Å². The second kappa shape index (κ2) is 5.63. The van der Waals surface area contributed by atoms with Crippen LogP contribution in [-0.4, -0.2) is 24.4 Å². The second-order valence-corrected chi connectivity index (χ2v) is 5.91. The predicted octanol–water partition coefficient (Wildman–Crippen LogP) is 2.90. The molecule has 2 aromatic rings. The van der Waals surface area contributed by atoms with E-state index in [1.165, 1.54) is 11.3 Å². The Morgan fingerprint density at radius 1 is 1.25 bits per heavy atom. The zero-order chi connectivity index (χ0) is 14.9. The monoisotopic (exact) mass is 289 g/mol. The van der Waals surface area contributed by atoms with Gasteiger partial charge in [-0.2, -0.15) is 0 Å². The fourth-order valence-corrected chi connectivity index (χ4v) is 2.93. The van der Waals surface area contributed by atoms with Crippen molar-refractivity contribution in [2.75, 3.05) is 19.0 Å². The van der Waals surface area contributed by atoms with Crippen LogP contribution in [-0.2, 0) is 7.05 Å². The van der Waals surface area contributed by atoms with Gasteiger partial charge in [0.05, 0.1) is 10.6 Å². The molecule has 2 rings (SSSR count). The van der Waals surface area contributed by atoms with Crippen molar-refractivity contribution < 1.29 is 4.79 Å². The number of carbonyl (C=O) groups excluding carboxylic acids is 1. The topological polar surface area (TPSA) is 37.6 Å². The van der Waals surface area contributed by atoms with Gasteiger partial charge in [0.2, 0.25) is 0 Å². The Balaban J connectivity index is 2.45. The normalized spacial score (nSPS) is 11.8. The largest absolute Gasteiger partial charge is 0.378 e. The summed E-state index contributed by atoms with van der Waals surface area (Å²) < 4.78 is 1.96. The summed E-state index contributed by atoms with van der Waals surface area (Å²) >= 11 is 1.44. The zero-order valence-corrected chi connectivity index (χ0v) is 13.3. The summed E-state index contributed by atoms with van der Waals surface area (Å²) in [5.74, 6) is 0.0903. The van der Waals surface area contributed by atoms with E-state index in [9.17, 15) is 4.79 Å². The van der Waals surface area contributed by atoms with Crippen molar-refractivity contribution in [1.29, 1.82) is 0 Å². The van der Waals surface area contributed by atoms with Crippen molar-refractivity contribution in [3.8, 4) is 0 Å². The molecule has 0 aliphatic rings. The van der Waals surface area contributed by atoms with E-state index < -0.39 is 0 Å². The van der Waals surface area contributed by atoms with Crippen LogP contribution in [0.5, 0.6) is 0 Å². The molecule has 0 saturated heterocycles. The first-order chi connectivity index (χ1) is 9.40. The molecule has 0 amide bonds. The van der Waals surface area contributed by atoms with Crippen molar-refractivity contribution >= 4 is 28.5 Å². The van der Waals surface area contributed by atoms with Gasteiger partial charge >= 0.3 is 0 Å². The number of rotatable bonds is 3. The molecule has 0 unspecified atom stereocenters. The second-order valence-electron chi connectivity index (χ2n) is 4.94. The van der Waals surface area contributed by atoms with Crippen LogP contribution in [0, 0.1) is 6.92 Å². The molecule has 0 atom stereocenters. The molecule has 106 valence electrons. The van der Waals surface area contributed by atoms with Crippen molar-refractivity contribution in [3.63, 3.8) is 0 Å². The lowest BCUT2D eigenvalue weighted by molar-refractivity contribution is 0.102. The standard InChI is InChI=1S/C15H19N3OS/c1-10-14(11(2)19)20-15(18(10)5)16-12-6-8-13(9-7-12)17(3)4/h6-9H,1-5H3/b16-15-. The van der Waals surface area contributed by atoms with Gasteiger partial charge in [-0.3, -0.25) is 4.79 Å². The molecule has 1 aromatic heterocycles. The molecule has 0 aliphatic heterocycles. The molecule has 0 bridgehead atoms. The third-order valence-electron chi connectivity index (χ3n) is 3.22. The SMILES string of the molecule is CC(=O)c1s/c(=N\c2ccc(N(C)C)cc2)n(C)c1C. The Kier molecular flexibility index (Phi) is 4.09. The molecule has 0 spiro atoms. The highest BCUT2D eigenvalue weighted by Crippen LogP contribution is 2.18. The van der Waals surface area contributed by atoms with Gasteiger partial charge in [-0.25, -0.2) is 4.99 Å². The Bertz CT molecular complexity index is 693. The molecule has 0 saturated carbocycles. The Labute approximate surface area is 123 Å². The Morgan fingerprint density at radius 2 is 1.85 bits per heavy atom. The number of thiazole rings is 1. The number of anilines is 1. The van der Waals surface area contributed by atoms with E-state index in [1.807, 2.05) is 61.8 Å². The minimum absolute atomic E-state index is 0.0903. The minimum Gasteiger partial charge on any atom is -0.378 e. The lowest BCUT2D eigenvalue weighted by Gasteiger charge is -2.11. The molecule has 4 nitrogen and oxygen atoms in total. The summed E-state index contributed by atoms with van der Waals surface area (Å²) in [5, 5.41) is 0. The lowest BCUT2D eigenvalue weighted by Crippen LogP contribution is -2.11. The summed E-state index contributed by atoms with van der Waals surface area (Å²) in [6.45, 7) is 3.54. The molecular weight excluding hydrogens is 270 g/mol. The lowest BCUT2D eigenvalue weighted by atomic mass is 10.3. The van der Waals surface area contributed by atoms with E-state index in [0.29, 0.717) is 0 Å². The zero-order valence-electron chi connectivity index (χ0n) is 12.5. The van der Waals surface area contributed by atoms with Crippen molar-refractivity contribution in [3.05, 3.63) is 39.6 Å². The van der Waals surface area contributed by atoms with E-state index in [1.54, 1.807) is 6.92 Å². The average molecular weight is 289 g/mol. The van der Waals surface area contributed by atoms with Crippen LogP contribution in [0.3, 0.4) is 0 Å². The van der Waals surface area contributed by atoms with Crippen LogP contribution >= 0.6 is 11.3 Å². The predicted molar refractivity (Wildman–Crippen MR) is 84.0 cm³/mol. The first kappa shape index (κ1) is 14.5. The number of nitrogens with zero attached hydrogens (tertiary/aromatic N) is 3. The van der Waals surface area contributed by atoms with E-state index in [2.05, 4.69) is 4.99 Å². The number of carbonyl (C=O) groups is 1. The molecule has 0 radical (unpaired) electrons. The van der Waals surface area contributed by atoms with Gasteiger partial charge in [-0.1, -0.05) is 11.3 Å². The Morgan fingerprint density at radius 3 is 2.30 bits per heavy atom. The summed E-state index contributed by atoms with van der Waals surface area (Å²) in [6, 6.07) is 8.03. The molecule has 20 heavy (non-hydrogen) atoms. The molecule has 0 aliphatic carbocycles. The van der Waals surface area contributed by atoms with Gasteiger partial charge in [0, 0.05) is 39.4 Å². The van der Waals surface area contributed by atoms with Gasteiger partial charge in [0.1, 0.15) is 0 Å². The fourth-order valence-electron chi connectivity index (χ4n) is 1.89. The number of ketones is 1. The van der Waals surface area contributed by atoms with Gasteiger partial charge in [-0.15, -0.1) is 0 Å². The molecule has 1 heterocycles. The first-order valence-electron chi connectivity index (χ1n) is 6.39. The average Bonchev–Trinajstić information content (AvgIpc) is 2.68. The van der Waals surface area contributed by atoms with Gasteiger partial charge in [0.15, 0.2) is 10.6 Å². The summed E-state index contributed by atoms with van der Waals surface area (Å²) in [5.41, 5.74) is 2.99. The van der Waals surface area contributed by atoms with E-state index in [4.69, 9.17) is 0 Å². The maximum atomic E-state index is 11.6. The number of hydrogen-bond donors (Lipinski definition) is 0. The van der Waals surface area contributed by atoms with Crippen LogP contribution in [0.4, 0.5) is 11.4 Å². The smallest absolute Gasteiger partial charge is 0.190 e. The highest BCUT2D eigenvalue weighted by Gasteiger charge is 2.10. The van der Waals surface area contributed by atoms with Crippen molar-refractivity contribution in [2.24, 2.45) is 12.0 Å². The van der Waals surface area contributed by atoms with Crippen LogP contribution in [0.15, 0.2) is 29.3 Å². The molecule has 0 fully saturated rings. The third-order valence-corrected chi connectivity index (χ3v) is 4.56. The summed E-state index contributed by atoms with van der Waals surface area (Å²) in [7, 11) is 5.95. The van der Waals surface area contributed by atoms with Crippen molar-refractivity contribution in [1.82, 2.24) is 4.57 Å². The number of benzene rings is 1. The van der Waals surface area contributed by atoms with Crippen LogP contribution in [0.2, 0.25) is 0 Å². The summed E-state index contributed by atoms with van der Waals surface area (Å²) in [4.78, 5) is 19.8. The quantitative estimate of drug-likeness (QED) is 0.815. The van der Waals surface area contributed by atoms with Gasteiger partial charge < -0.3 is 9.47 Å². The maximum absolute atomic E-state index is 11.6. The molecule has 1 aromatic carbocycles. The van der Waals surface area contributed by atoms with Crippen LogP contribution < -0.4 is 9.70 Å². The summed E-state index contributed by atoms with van der Waals surface area (Å²) in [6.07, 6.45) is 0. The van der Waals surface area contributed by atoms with Gasteiger partial charge in [-0.05, 0) is 31.2 Å². The van der Waals surface area contributed by atoms with Crippen LogP contribution in [0.1, 0.15) is 22.3 Å². The fraction of sp³-hybridized carbons (Fsp3) is 0.333. The molecule has 0 N–H and O–H groups in total. The highest BCUT2D eigenvalue weighted by molar-refractivity contribution is 7.11. The Hall–Kier alpha value is -1.88. The third kappa shape index (κ3) is 2.82. The molecular formula is C15H19N3OS. The van der Waals surface area contributed by atoms with Gasteiger partial charge in [0.25, 0.3) is 0 Å². The van der Waals surface area contributed by atoms with E-state index >= 15 is 0 Å².